The summed E-state index contributed by atoms with van der Waals surface area (Å²) in [5, 5.41) is 12.3. The third-order valence-corrected chi connectivity index (χ3v) is 5.55. The van der Waals surface area contributed by atoms with Crippen LogP contribution in [-0.2, 0) is 9.53 Å². The summed E-state index contributed by atoms with van der Waals surface area (Å²) in [5.74, 6) is 1.24. The summed E-state index contributed by atoms with van der Waals surface area (Å²) >= 11 is 1.43. The maximum atomic E-state index is 12.4. The summed E-state index contributed by atoms with van der Waals surface area (Å²) in [6, 6.07) is 8.26. The van der Waals surface area contributed by atoms with E-state index < -0.39 is 0 Å². The third kappa shape index (κ3) is 5.05. The number of rotatable bonds is 7. The van der Waals surface area contributed by atoms with Gasteiger partial charge in [-0.3, -0.25) is 9.36 Å². The minimum absolute atomic E-state index is 0.0189. The van der Waals surface area contributed by atoms with Crippen molar-refractivity contribution in [3.8, 4) is 5.69 Å². The molecule has 1 aromatic carbocycles. The van der Waals surface area contributed by atoms with Crippen LogP contribution in [0, 0.1) is 12.8 Å². The summed E-state index contributed by atoms with van der Waals surface area (Å²) in [6.07, 6.45) is 0. The lowest BCUT2D eigenvalue weighted by atomic mass is 10.2. The molecule has 8 heteroatoms. The zero-order valence-corrected chi connectivity index (χ0v) is 17.8. The van der Waals surface area contributed by atoms with Gasteiger partial charge in [-0.25, -0.2) is 0 Å². The van der Waals surface area contributed by atoms with Crippen LogP contribution in [0.25, 0.3) is 5.69 Å². The Hall–Kier alpha value is -2.06. The Balaban J connectivity index is 1.88. The van der Waals surface area contributed by atoms with Crippen molar-refractivity contribution in [1.82, 2.24) is 20.1 Å². The Kier molecular flexibility index (Phi) is 6.96. The van der Waals surface area contributed by atoms with Gasteiger partial charge in [0.15, 0.2) is 5.16 Å². The Morgan fingerprint density at radius 1 is 1.25 bits per heavy atom. The Bertz CT molecular complexity index is 802. The molecule has 1 unspecified atom stereocenters. The van der Waals surface area contributed by atoms with E-state index in [2.05, 4.69) is 57.9 Å². The fourth-order valence-electron chi connectivity index (χ4n) is 2.96. The number of nitrogens with zero attached hydrogens (tertiary/aromatic N) is 4. The van der Waals surface area contributed by atoms with Crippen molar-refractivity contribution in [2.24, 2.45) is 5.92 Å². The van der Waals surface area contributed by atoms with Crippen LogP contribution in [0.15, 0.2) is 29.4 Å². The minimum Gasteiger partial charge on any atom is -0.378 e. The Labute approximate surface area is 170 Å². The van der Waals surface area contributed by atoms with Gasteiger partial charge in [-0.1, -0.05) is 37.7 Å². The van der Waals surface area contributed by atoms with Gasteiger partial charge in [-0.05, 0) is 37.5 Å². The average molecular weight is 404 g/mol. The van der Waals surface area contributed by atoms with Crippen molar-refractivity contribution in [1.29, 1.82) is 0 Å². The molecule has 1 aliphatic rings. The molecule has 1 aliphatic heterocycles. The van der Waals surface area contributed by atoms with Gasteiger partial charge in [0.05, 0.1) is 24.2 Å². The first-order valence-corrected chi connectivity index (χ1v) is 10.6. The molecule has 7 nitrogen and oxygen atoms in total. The molecular formula is C20H29N5O2S. The Morgan fingerprint density at radius 3 is 2.68 bits per heavy atom. The second kappa shape index (κ2) is 9.43. The topological polar surface area (TPSA) is 72.3 Å². The van der Waals surface area contributed by atoms with Crippen LogP contribution < -0.4 is 10.2 Å². The largest absolute Gasteiger partial charge is 0.378 e. The highest BCUT2D eigenvalue weighted by atomic mass is 32.2. The molecule has 1 saturated heterocycles. The normalized spacial score (nSPS) is 15.7. The van der Waals surface area contributed by atoms with E-state index in [9.17, 15) is 4.79 Å². The smallest absolute Gasteiger partial charge is 0.233 e. The monoisotopic (exact) mass is 403 g/mol. The number of aryl methyl sites for hydroxylation is 1. The molecule has 0 spiro atoms. The summed E-state index contributed by atoms with van der Waals surface area (Å²) in [6.45, 7) is 11.7. The van der Waals surface area contributed by atoms with E-state index in [0.717, 1.165) is 35.4 Å². The zero-order chi connectivity index (χ0) is 20.1. The number of benzene rings is 1. The highest BCUT2D eigenvalue weighted by molar-refractivity contribution is 8.00. The number of anilines is 1. The molecule has 2 aromatic rings. The third-order valence-electron chi connectivity index (χ3n) is 4.51. The molecular weight excluding hydrogens is 374 g/mol. The number of hydrogen-bond acceptors (Lipinski definition) is 6. The van der Waals surface area contributed by atoms with Crippen LogP contribution in [0.5, 0.6) is 0 Å². The van der Waals surface area contributed by atoms with E-state index in [-0.39, 0.29) is 11.2 Å². The van der Waals surface area contributed by atoms with E-state index in [1.54, 1.807) is 0 Å². The molecule has 152 valence electrons. The number of morpholine rings is 1. The standard InChI is InChI=1S/C20H29N5O2S/c1-14(2)13-21-18(26)16(4)28-20-23-22-19(24-8-10-27-11-9-24)25(20)17-7-5-6-15(3)12-17/h5-7,12,14,16H,8-11,13H2,1-4H3,(H,21,26). The van der Waals surface area contributed by atoms with E-state index in [1.165, 1.54) is 11.8 Å². The van der Waals surface area contributed by atoms with Crippen LogP contribution in [0.3, 0.4) is 0 Å². The molecule has 0 aliphatic carbocycles. The van der Waals surface area contributed by atoms with Gasteiger partial charge in [-0.2, -0.15) is 0 Å². The van der Waals surface area contributed by atoms with Gasteiger partial charge in [0.25, 0.3) is 0 Å². The number of aromatic nitrogens is 3. The molecule has 0 radical (unpaired) electrons. The van der Waals surface area contributed by atoms with Crippen molar-refractivity contribution < 1.29 is 9.53 Å². The van der Waals surface area contributed by atoms with Gasteiger partial charge < -0.3 is 15.0 Å². The van der Waals surface area contributed by atoms with E-state index in [4.69, 9.17) is 4.74 Å². The molecule has 1 aromatic heterocycles. The van der Waals surface area contributed by atoms with Crippen LogP contribution in [0.2, 0.25) is 0 Å². The molecule has 3 rings (SSSR count). The highest BCUT2D eigenvalue weighted by Gasteiger charge is 2.24. The number of carbonyl (C=O) groups is 1. The molecule has 1 fully saturated rings. The molecule has 0 bridgehead atoms. The maximum absolute atomic E-state index is 12.4. The maximum Gasteiger partial charge on any atom is 0.233 e. The second-order valence-electron chi connectivity index (χ2n) is 7.46. The van der Waals surface area contributed by atoms with Crippen LogP contribution in [0.1, 0.15) is 26.3 Å². The average Bonchev–Trinajstić information content (AvgIpc) is 3.10. The SMILES string of the molecule is Cc1cccc(-n2c(SC(C)C(=O)NCC(C)C)nnc2N2CCOCC2)c1. The lowest BCUT2D eigenvalue weighted by Gasteiger charge is -2.28. The first kappa shape index (κ1) is 20.7. The molecule has 2 heterocycles. The van der Waals surface area contributed by atoms with Gasteiger partial charge >= 0.3 is 0 Å². The van der Waals surface area contributed by atoms with Gasteiger partial charge in [0.2, 0.25) is 11.9 Å². The highest BCUT2D eigenvalue weighted by Crippen LogP contribution is 2.30. The second-order valence-corrected chi connectivity index (χ2v) is 8.76. The van der Waals surface area contributed by atoms with Crippen molar-refractivity contribution in [3.63, 3.8) is 0 Å². The summed E-state index contributed by atoms with van der Waals surface area (Å²) in [5.41, 5.74) is 2.17. The number of thioether (sulfide) groups is 1. The van der Waals surface area contributed by atoms with Gasteiger partial charge in [0.1, 0.15) is 0 Å². The van der Waals surface area contributed by atoms with Crippen LogP contribution in [-0.4, -0.2) is 58.8 Å². The number of hydrogen-bond donors (Lipinski definition) is 1. The number of ether oxygens (including phenoxy) is 1. The predicted molar refractivity (Wildman–Crippen MR) is 112 cm³/mol. The van der Waals surface area contributed by atoms with E-state index in [0.29, 0.717) is 25.7 Å². The number of amides is 1. The molecule has 28 heavy (non-hydrogen) atoms. The summed E-state index contributed by atoms with van der Waals surface area (Å²) in [4.78, 5) is 14.6. The molecule has 0 saturated carbocycles. The minimum atomic E-state index is -0.260. The van der Waals surface area contributed by atoms with Crippen molar-refractivity contribution in [2.45, 2.75) is 38.1 Å². The summed E-state index contributed by atoms with van der Waals surface area (Å²) in [7, 11) is 0. The number of nitrogens with one attached hydrogen (secondary N) is 1. The van der Waals surface area contributed by atoms with Crippen molar-refractivity contribution in [3.05, 3.63) is 29.8 Å². The Morgan fingerprint density at radius 2 is 2.00 bits per heavy atom. The van der Waals surface area contributed by atoms with Gasteiger partial charge in [0, 0.05) is 19.6 Å². The van der Waals surface area contributed by atoms with Crippen LogP contribution in [0.4, 0.5) is 5.95 Å². The van der Waals surface area contributed by atoms with Crippen LogP contribution >= 0.6 is 11.8 Å². The molecule has 1 amide bonds. The fraction of sp³-hybridized carbons (Fsp3) is 0.550. The van der Waals surface area contributed by atoms with Gasteiger partial charge in [-0.15, -0.1) is 10.2 Å². The molecule has 1 atom stereocenters. The van der Waals surface area contributed by atoms with Crippen molar-refractivity contribution >= 4 is 23.6 Å². The lowest BCUT2D eigenvalue weighted by molar-refractivity contribution is -0.120. The first-order chi connectivity index (χ1) is 13.5. The van der Waals surface area contributed by atoms with E-state index in [1.807, 2.05) is 19.1 Å². The fourth-order valence-corrected chi connectivity index (χ4v) is 3.85. The number of carbonyl (C=O) groups excluding carboxylic acids is 1. The molecule has 1 N–H and O–H groups in total. The lowest BCUT2D eigenvalue weighted by Crippen LogP contribution is -2.38. The van der Waals surface area contributed by atoms with Crippen molar-refractivity contribution in [2.75, 3.05) is 37.7 Å². The zero-order valence-electron chi connectivity index (χ0n) is 17.0. The quantitative estimate of drug-likeness (QED) is 0.717. The van der Waals surface area contributed by atoms with E-state index >= 15 is 0 Å². The first-order valence-electron chi connectivity index (χ1n) is 9.75. The summed E-state index contributed by atoms with van der Waals surface area (Å²) < 4.78 is 7.53. The predicted octanol–water partition coefficient (Wildman–Crippen LogP) is 2.67.